The summed E-state index contributed by atoms with van der Waals surface area (Å²) in [6, 6.07) is 1.33. The number of nitrogens with two attached hydrogens (primary N) is 1. The molecule has 0 radical (unpaired) electrons. The van der Waals surface area contributed by atoms with Crippen molar-refractivity contribution < 1.29 is 0 Å². The minimum absolute atomic E-state index is 0.447. The van der Waals surface area contributed by atoms with Gasteiger partial charge >= 0.3 is 0 Å². The molecule has 1 aliphatic carbocycles. The lowest BCUT2D eigenvalue weighted by Gasteiger charge is -2.28. The van der Waals surface area contributed by atoms with Gasteiger partial charge < -0.3 is 5.73 Å². The summed E-state index contributed by atoms with van der Waals surface area (Å²) in [5.74, 6) is 0. The van der Waals surface area contributed by atoms with Gasteiger partial charge in [-0.05, 0) is 32.2 Å². The first-order chi connectivity index (χ1) is 6.36. The van der Waals surface area contributed by atoms with Gasteiger partial charge in [-0.1, -0.05) is 19.3 Å². The average molecular weight is 182 g/mol. The third-order valence-corrected chi connectivity index (χ3v) is 3.58. The minimum atomic E-state index is 0.447. The Balaban J connectivity index is 1.88. The third kappa shape index (κ3) is 2.44. The van der Waals surface area contributed by atoms with E-state index in [-0.39, 0.29) is 0 Å². The van der Waals surface area contributed by atoms with Crippen LogP contribution in [0.5, 0.6) is 0 Å². The van der Waals surface area contributed by atoms with Gasteiger partial charge in [0.05, 0.1) is 0 Å². The summed E-state index contributed by atoms with van der Waals surface area (Å²) in [5, 5.41) is 0. The van der Waals surface area contributed by atoms with Crippen LogP contribution in [0.15, 0.2) is 0 Å². The van der Waals surface area contributed by atoms with Crippen LogP contribution in [0, 0.1) is 0 Å². The molecule has 2 N–H and O–H groups in total. The van der Waals surface area contributed by atoms with Gasteiger partial charge in [0.25, 0.3) is 0 Å². The van der Waals surface area contributed by atoms with Gasteiger partial charge in [0.1, 0.15) is 0 Å². The Morgan fingerprint density at radius 3 is 2.38 bits per heavy atom. The molecule has 2 rings (SSSR count). The summed E-state index contributed by atoms with van der Waals surface area (Å²) < 4.78 is 0. The van der Waals surface area contributed by atoms with Gasteiger partial charge in [0.2, 0.25) is 0 Å². The van der Waals surface area contributed by atoms with Crippen LogP contribution < -0.4 is 5.73 Å². The summed E-state index contributed by atoms with van der Waals surface area (Å²) >= 11 is 0. The molecule has 1 aliphatic heterocycles. The number of hydrogen-bond acceptors (Lipinski definition) is 2. The van der Waals surface area contributed by atoms with Crippen molar-refractivity contribution in [2.24, 2.45) is 5.73 Å². The van der Waals surface area contributed by atoms with Crippen LogP contribution in [0.25, 0.3) is 0 Å². The van der Waals surface area contributed by atoms with Gasteiger partial charge in [-0.25, -0.2) is 0 Å². The Morgan fingerprint density at radius 1 is 0.923 bits per heavy atom. The number of rotatable bonds is 1. The summed E-state index contributed by atoms with van der Waals surface area (Å²) in [5.41, 5.74) is 6.05. The normalized spacial score (nSPS) is 33.5. The van der Waals surface area contributed by atoms with Gasteiger partial charge in [-0.2, -0.15) is 0 Å². The van der Waals surface area contributed by atoms with Crippen LogP contribution >= 0.6 is 0 Å². The average Bonchev–Trinajstić information content (AvgIpc) is 2.56. The van der Waals surface area contributed by atoms with E-state index in [1.165, 1.54) is 51.5 Å². The van der Waals surface area contributed by atoms with Gasteiger partial charge in [-0.15, -0.1) is 0 Å². The molecule has 13 heavy (non-hydrogen) atoms. The molecular formula is C11H22N2. The van der Waals surface area contributed by atoms with Crippen molar-refractivity contribution in [3.63, 3.8) is 0 Å². The van der Waals surface area contributed by atoms with E-state index in [0.717, 1.165) is 12.6 Å². The van der Waals surface area contributed by atoms with Crippen LogP contribution in [0.3, 0.4) is 0 Å². The molecule has 1 saturated heterocycles. The SMILES string of the molecule is NC1CCCCN(C2CCCC2)C1. The molecular weight excluding hydrogens is 160 g/mol. The molecule has 2 nitrogen and oxygen atoms in total. The molecule has 0 bridgehead atoms. The van der Waals surface area contributed by atoms with E-state index in [9.17, 15) is 0 Å². The topological polar surface area (TPSA) is 29.3 Å². The second-order valence-electron chi connectivity index (χ2n) is 4.69. The lowest BCUT2D eigenvalue weighted by molar-refractivity contribution is 0.198. The van der Waals surface area contributed by atoms with Crippen LogP contribution in [-0.2, 0) is 0 Å². The van der Waals surface area contributed by atoms with Crippen molar-refractivity contribution in [2.75, 3.05) is 13.1 Å². The molecule has 0 aromatic carbocycles. The quantitative estimate of drug-likeness (QED) is 0.669. The Kier molecular flexibility index (Phi) is 3.23. The minimum Gasteiger partial charge on any atom is -0.327 e. The maximum Gasteiger partial charge on any atom is 0.0167 e. The first kappa shape index (κ1) is 9.47. The highest BCUT2D eigenvalue weighted by molar-refractivity contribution is 4.82. The lowest BCUT2D eigenvalue weighted by Crippen LogP contribution is -2.41. The fraction of sp³-hybridized carbons (Fsp3) is 1.00. The molecule has 0 aromatic heterocycles. The van der Waals surface area contributed by atoms with E-state index < -0.39 is 0 Å². The van der Waals surface area contributed by atoms with Crippen molar-refractivity contribution in [3.8, 4) is 0 Å². The monoisotopic (exact) mass is 182 g/mol. The molecule has 0 amide bonds. The highest BCUT2D eigenvalue weighted by Gasteiger charge is 2.24. The van der Waals surface area contributed by atoms with Crippen molar-refractivity contribution in [1.29, 1.82) is 0 Å². The fourth-order valence-electron chi connectivity index (χ4n) is 2.81. The van der Waals surface area contributed by atoms with Crippen molar-refractivity contribution in [1.82, 2.24) is 4.90 Å². The van der Waals surface area contributed by atoms with Crippen LogP contribution in [0.4, 0.5) is 0 Å². The van der Waals surface area contributed by atoms with Gasteiger partial charge in [0.15, 0.2) is 0 Å². The van der Waals surface area contributed by atoms with E-state index >= 15 is 0 Å². The van der Waals surface area contributed by atoms with Gasteiger partial charge in [-0.3, -0.25) is 4.90 Å². The zero-order valence-corrected chi connectivity index (χ0v) is 8.54. The van der Waals surface area contributed by atoms with Crippen molar-refractivity contribution >= 4 is 0 Å². The number of hydrogen-bond donors (Lipinski definition) is 1. The van der Waals surface area contributed by atoms with Crippen LogP contribution in [0.1, 0.15) is 44.9 Å². The summed E-state index contributed by atoms with van der Waals surface area (Å²) in [6.45, 7) is 2.46. The molecule has 1 saturated carbocycles. The molecule has 2 aliphatic rings. The van der Waals surface area contributed by atoms with Crippen molar-refractivity contribution in [2.45, 2.75) is 57.0 Å². The standard InChI is InChI=1S/C11H22N2/c12-10-5-3-4-8-13(9-10)11-6-1-2-7-11/h10-11H,1-9,12H2. The second kappa shape index (κ2) is 4.43. The molecule has 2 fully saturated rings. The Labute approximate surface area is 81.5 Å². The largest absolute Gasteiger partial charge is 0.327 e. The maximum absolute atomic E-state index is 6.05. The second-order valence-corrected chi connectivity index (χ2v) is 4.69. The van der Waals surface area contributed by atoms with Crippen LogP contribution in [0.2, 0.25) is 0 Å². The molecule has 0 spiro atoms. The maximum atomic E-state index is 6.05. The molecule has 76 valence electrons. The summed E-state index contributed by atoms with van der Waals surface area (Å²) in [7, 11) is 0. The molecule has 0 aromatic rings. The van der Waals surface area contributed by atoms with E-state index in [4.69, 9.17) is 5.73 Å². The Morgan fingerprint density at radius 2 is 1.62 bits per heavy atom. The highest BCUT2D eigenvalue weighted by Crippen LogP contribution is 2.25. The fourth-order valence-corrected chi connectivity index (χ4v) is 2.81. The molecule has 1 heterocycles. The summed E-state index contributed by atoms with van der Waals surface area (Å²) in [6.07, 6.45) is 9.67. The zero-order valence-electron chi connectivity index (χ0n) is 8.54. The van der Waals surface area contributed by atoms with Crippen molar-refractivity contribution in [3.05, 3.63) is 0 Å². The zero-order chi connectivity index (χ0) is 9.10. The third-order valence-electron chi connectivity index (χ3n) is 3.58. The number of nitrogens with zero attached hydrogens (tertiary/aromatic N) is 1. The molecule has 1 atom stereocenters. The smallest absolute Gasteiger partial charge is 0.0167 e. The Bertz CT molecular complexity index is 152. The number of likely N-dealkylation sites (tertiary alicyclic amines) is 1. The molecule has 1 unspecified atom stereocenters. The van der Waals surface area contributed by atoms with E-state index in [1.54, 1.807) is 0 Å². The van der Waals surface area contributed by atoms with Crippen LogP contribution in [-0.4, -0.2) is 30.1 Å². The first-order valence-electron chi connectivity index (χ1n) is 5.86. The predicted molar refractivity (Wildman–Crippen MR) is 55.7 cm³/mol. The summed E-state index contributed by atoms with van der Waals surface area (Å²) in [4.78, 5) is 2.66. The van der Waals surface area contributed by atoms with E-state index in [0.29, 0.717) is 6.04 Å². The van der Waals surface area contributed by atoms with Gasteiger partial charge in [0, 0.05) is 18.6 Å². The van der Waals surface area contributed by atoms with E-state index in [1.807, 2.05) is 0 Å². The highest BCUT2D eigenvalue weighted by atomic mass is 15.2. The Hall–Kier alpha value is -0.0800. The van der Waals surface area contributed by atoms with E-state index in [2.05, 4.69) is 4.90 Å². The molecule has 2 heteroatoms. The predicted octanol–water partition coefficient (Wildman–Crippen LogP) is 1.74. The lowest BCUT2D eigenvalue weighted by atomic mass is 10.1. The first-order valence-corrected chi connectivity index (χ1v) is 5.86.